The second kappa shape index (κ2) is 5.31. The van der Waals surface area contributed by atoms with Crippen LogP contribution in [0.4, 0.5) is 0 Å². The van der Waals surface area contributed by atoms with Gasteiger partial charge in [-0.15, -0.1) is 6.42 Å². The molecule has 2 saturated heterocycles. The van der Waals surface area contributed by atoms with Crippen LogP contribution in [0.1, 0.15) is 45.3 Å². The first-order valence-electron chi connectivity index (χ1n) is 8.36. The van der Waals surface area contributed by atoms with Crippen molar-refractivity contribution in [1.29, 1.82) is 0 Å². The molecule has 4 atom stereocenters. The van der Waals surface area contributed by atoms with E-state index < -0.39 is 35.0 Å². The van der Waals surface area contributed by atoms with Crippen LogP contribution in [-0.2, 0) is 14.2 Å². The average Bonchev–Trinajstić information content (AvgIpc) is 3.22. The van der Waals surface area contributed by atoms with Gasteiger partial charge in [-0.2, -0.15) is 0 Å². The van der Waals surface area contributed by atoms with E-state index in [0.29, 0.717) is 6.42 Å². The summed E-state index contributed by atoms with van der Waals surface area (Å²) in [6.07, 6.45) is 10.0. The number of nitrogens with one attached hydrogen (secondary N) is 1. The molecule has 0 amide bonds. The Hall–Kier alpha value is -1.88. The summed E-state index contributed by atoms with van der Waals surface area (Å²) in [5, 5.41) is 0. The van der Waals surface area contributed by atoms with E-state index in [4.69, 9.17) is 20.6 Å². The minimum Gasteiger partial charge on any atom is -0.347 e. The van der Waals surface area contributed by atoms with E-state index >= 15 is 0 Å². The lowest BCUT2D eigenvalue weighted by Gasteiger charge is -2.30. The first-order valence-corrected chi connectivity index (χ1v) is 8.36. The molecule has 3 heterocycles. The molecule has 3 fully saturated rings. The Labute approximate surface area is 138 Å². The highest BCUT2D eigenvalue weighted by atomic mass is 16.8. The maximum Gasteiger partial charge on any atom is 0.330 e. The normalized spacial score (nSPS) is 36.8. The Morgan fingerprint density at radius 3 is 2.79 bits per heavy atom. The average molecular weight is 332 g/mol. The van der Waals surface area contributed by atoms with Gasteiger partial charge in [-0.05, 0) is 19.3 Å². The third-order valence-corrected chi connectivity index (χ3v) is 5.22. The van der Waals surface area contributed by atoms with E-state index in [-0.39, 0.29) is 6.10 Å². The third-order valence-electron chi connectivity index (χ3n) is 5.22. The third kappa shape index (κ3) is 2.04. The van der Waals surface area contributed by atoms with Crippen LogP contribution in [0.25, 0.3) is 0 Å². The van der Waals surface area contributed by atoms with Crippen LogP contribution in [0.2, 0.25) is 0 Å². The summed E-state index contributed by atoms with van der Waals surface area (Å²) < 4.78 is 19.9. The van der Waals surface area contributed by atoms with E-state index in [1.807, 2.05) is 6.92 Å². The molecular formula is C17H20N2O5. The van der Waals surface area contributed by atoms with Crippen LogP contribution in [0.3, 0.4) is 0 Å². The van der Waals surface area contributed by atoms with Crippen molar-refractivity contribution in [3.63, 3.8) is 0 Å². The Morgan fingerprint density at radius 2 is 2.17 bits per heavy atom. The van der Waals surface area contributed by atoms with E-state index in [1.54, 1.807) is 0 Å². The number of terminal acetylenes is 1. The number of hydrogen-bond acceptors (Lipinski definition) is 5. The molecule has 1 saturated carbocycles. The number of hydrogen-bond donors (Lipinski definition) is 1. The highest BCUT2D eigenvalue weighted by molar-refractivity contribution is 5.24. The molecule has 7 nitrogen and oxygen atoms in total. The Kier molecular flexibility index (Phi) is 3.46. The molecule has 0 radical (unpaired) electrons. The Morgan fingerprint density at radius 1 is 1.42 bits per heavy atom. The largest absolute Gasteiger partial charge is 0.347 e. The van der Waals surface area contributed by atoms with Crippen molar-refractivity contribution < 1.29 is 14.2 Å². The first-order chi connectivity index (χ1) is 11.5. The molecule has 1 N–H and O–H groups in total. The minimum absolute atomic E-state index is 0.273. The van der Waals surface area contributed by atoms with Crippen molar-refractivity contribution in [3.8, 4) is 12.3 Å². The molecule has 128 valence electrons. The molecule has 3 aliphatic rings. The maximum atomic E-state index is 12.2. The summed E-state index contributed by atoms with van der Waals surface area (Å²) in [7, 11) is 0. The van der Waals surface area contributed by atoms with Crippen molar-refractivity contribution in [3.05, 3.63) is 33.1 Å². The second-order valence-electron chi connectivity index (χ2n) is 6.65. The molecule has 1 spiro atoms. The zero-order valence-corrected chi connectivity index (χ0v) is 13.5. The zero-order valence-electron chi connectivity index (χ0n) is 13.5. The van der Waals surface area contributed by atoms with Crippen molar-refractivity contribution in [2.45, 2.75) is 68.9 Å². The van der Waals surface area contributed by atoms with E-state index in [1.165, 1.54) is 16.8 Å². The highest BCUT2D eigenvalue weighted by Crippen LogP contribution is 2.55. The van der Waals surface area contributed by atoms with Gasteiger partial charge in [-0.1, -0.05) is 12.8 Å². The fraction of sp³-hybridized carbons (Fsp3) is 0.647. The molecule has 1 aromatic heterocycles. The number of aromatic nitrogens is 2. The topological polar surface area (TPSA) is 82.6 Å². The second-order valence-corrected chi connectivity index (χ2v) is 6.65. The number of aromatic amines is 1. The van der Waals surface area contributed by atoms with Gasteiger partial charge in [0.05, 0.1) is 6.10 Å². The monoisotopic (exact) mass is 332 g/mol. The van der Waals surface area contributed by atoms with Crippen LogP contribution in [0.5, 0.6) is 0 Å². The lowest BCUT2D eigenvalue weighted by Crippen LogP contribution is -2.46. The van der Waals surface area contributed by atoms with Crippen LogP contribution >= 0.6 is 0 Å². The van der Waals surface area contributed by atoms with Crippen LogP contribution in [-0.4, -0.2) is 33.1 Å². The van der Waals surface area contributed by atoms with Gasteiger partial charge < -0.3 is 14.2 Å². The molecule has 1 aliphatic carbocycles. The van der Waals surface area contributed by atoms with Gasteiger partial charge in [0, 0.05) is 25.1 Å². The first kappa shape index (κ1) is 15.6. The maximum absolute atomic E-state index is 12.2. The van der Waals surface area contributed by atoms with Crippen molar-refractivity contribution in [2.24, 2.45) is 0 Å². The molecule has 7 heteroatoms. The SMILES string of the molecule is C#C[C@@]12OC3(CCCC3)O[C@@H]1[C@@H](CC)O[C@H]2n1ccc(=O)[nH]c1=O. The van der Waals surface area contributed by atoms with E-state index in [2.05, 4.69) is 10.9 Å². The molecular weight excluding hydrogens is 312 g/mol. The molecule has 24 heavy (non-hydrogen) atoms. The van der Waals surface area contributed by atoms with Crippen LogP contribution in [0, 0.1) is 12.3 Å². The molecule has 4 rings (SSSR count). The van der Waals surface area contributed by atoms with Gasteiger partial charge in [-0.25, -0.2) is 4.79 Å². The van der Waals surface area contributed by atoms with Gasteiger partial charge in [0.15, 0.2) is 12.0 Å². The van der Waals surface area contributed by atoms with Gasteiger partial charge in [0.2, 0.25) is 5.60 Å². The number of fused-ring (bicyclic) bond motifs is 1. The summed E-state index contributed by atoms with van der Waals surface area (Å²) >= 11 is 0. The molecule has 0 bridgehead atoms. The van der Waals surface area contributed by atoms with Crippen molar-refractivity contribution in [2.75, 3.05) is 0 Å². The lowest BCUT2D eigenvalue weighted by molar-refractivity contribution is -0.224. The Bertz CT molecular complexity index is 800. The quantitative estimate of drug-likeness (QED) is 0.814. The fourth-order valence-electron chi connectivity index (χ4n) is 4.10. The summed E-state index contributed by atoms with van der Waals surface area (Å²) in [5.74, 6) is 2.04. The van der Waals surface area contributed by atoms with E-state index in [0.717, 1.165) is 25.7 Å². The molecule has 0 unspecified atom stereocenters. The Balaban J connectivity index is 1.81. The number of rotatable bonds is 2. The predicted octanol–water partition coefficient (Wildman–Crippen LogP) is 0.902. The van der Waals surface area contributed by atoms with E-state index in [9.17, 15) is 9.59 Å². The summed E-state index contributed by atoms with van der Waals surface area (Å²) in [6.45, 7) is 1.98. The van der Waals surface area contributed by atoms with Gasteiger partial charge in [0.25, 0.3) is 5.56 Å². The number of H-pyrrole nitrogens is 1. The van der Waals surface area contributed by atoms with Crippen molar-refractivity contribution in [1.82, 2.24) is 9.55 Å². The smallest absolute Gasteiger partial charge is 0.330 e. The summed E-state index contributed by atoms with van der Waals surface area (Å²) in [5.41, 5.74) is -2.22. The lowest BCUT2D eigenvalue weighted by atomic mass is 9.94. The number of ether oxygens (including phenoxy) is 3. The molecule has 2 aliphatic heterocycles. The predicted molar refractivity (Wildman–Crippen MR) is 84.2 cm³/mol. The van der Waals surface area contributed by atoms with Crippen molar-refractivity contribution >= 4 is 0 Å². The van der Waals surface area contributed by atoms with Crippen LogP contribution < -0.4 is 11.2 Å². The van der Waals surface area contributed by atoms with Gasteiger partial charge in [-0.3, -0.25) is 14.3 Å². The number of nitrogens with zero attached hydrogens (tertiary/aromatic N) is 1. The summed E-state index contributed by atoms with van der Waals surface area (Å²) in [4.78, 5) is 25.8. The molecule has 0 aromatic carbocycles. The van der Waals surface area contributed by atoms with Gasteiger partial charge in [0.1, 0.15) is 6.10 Å². The standard InChI is InChI=1S/C17H20N2O5/c1-3-11-13-17(4-2,24-16(23-13)8-5-6-9-16)14(22-11)19-10-7-12(20)18-15(19)21/h2,7,10-11,13-14H,3,5-6,8-9H2,1H3,(H,18,20,21)/t11-,13-,14-,17-/m1/s1. The fourth-order valence-corrected chi connectivity index (χ4v) is 4.10. The zero-order chi connectivity index (χ0) is 16.9. The highest BCUT2D eigenvalue weighted by Gasteiger charge is 2.68. The van der Waals surface area contributed by atoms with Crippen LogP contribution in [0.15, 0.2) is 21.9 Å². The summed E-state index contributed by atoms with van der Waals surface area (Å²) in [6, 6.07) is 1.27. The van der Waals surface area contributed by atoms with Gasteiger partial charge >= 0.3 is 5.69 Å². The molecule has 1 aromatic rings. The minimum atomic E-state index is -1.17.